The van der Waals surface area contributed by atoms with Gasteiger partial charge in [-0.15, -0.1) is 0 Å². The summed E-state index contributed by atoms with van der Waals surface area (Å²) in [5.41, 5.74) is 0. The Morgan fingerprint density at radius 2 is 1.35 bits per heavy atom. The van der Waals surface area contributed by atoms with E-state index in [1.165, 1.54) is 32.1 Å². The van der Waals surface area contributed by atoms with Crippen LogP contribution in [0.15, 0.2) is 0 Å². The van der Waals surface area contributed by atoms with E-state index in [1.807, 2.05) is 13.8 Å². The topological polar surface area (TPSA) is 27.7 Å². The molecule has 20 heavy (non-hydrogen) atoms. The van der Waals surface area contributed by atoms with Crippen LogP contribution in [0.2, 0.25) is 6.04 Å². The van der Waals surface area contributed by atoms with Crippen LogP contribution in [-0.4, -0.2) is 28.1 Å². The van der Waals surface area contributed by atoms with Crippen LogP contribution < -0.4 is 0 Å². The second-order valence-electron chi connectivity index (χ2n) is 5.40. The third kappa shape index (κ3) is 9.11. The number of hydrogen-bond acceptors (Lipinski definition) is 3. The normalized spacial score (nSPS) is 13.7. The molecule has 0 aliphatic heterocycles. The first-order valence-electron chi connectivity index (χ1n) is 8.59. The molecule has 0 aliphatic carbocycles. The van der Waals surface area contributed by atoms with Gasteiger partial charge in [0.2, 0.25) is 0 Å². The average molecular weight is 305 g/mol. The van der Waals surface area contributed by atoms with E-state index in [4.69, 9.17) is 13.3 Å². The molecule has 0 N–H and O–H groups in total. The van der Waals surface area contributed by atoms with Crippen molar-refractivity contribution in [3.05, 3.63) is 0 Å². The van der Waals surface area contributed by atoms with Crippen LogP contribution in [0, 0.1) is 0 Å². The molecule has 1 atom stereocenters. The second kappa shape index (κ2) is 12.8. The maximum absolute atomic E-state index is 6.19. The molecule has 4 heteroatoms. The Balaban J connectivity index is 4.26. The monoisotopic (exact) mass is 304 g/mol. The van der Waals surface area contributed by atoms with Gasteiger partial charge >= 0.3 is 8.80 Å². The highest BCUT2D eigenvalue weighted by Gasteiger charge is 2.41. The Morgan fingerprint density at radius 3 is 1.85 bits per heavy atom. The van der Waals surface area contributed by atoms with E-state index in [9.17, 15) is 0 Å². The fourth-order valence-corrected chi connectivity index (χ4v) is 5.23. The fraction of sp³-hybridized carbons (Fsp3) is 1.00. The van der Waals surface area contributed by atoms with Gasteiger partial charge in [-0.3, -0.25) is 0 Å². The molecular formula is C16H36O3Si. The molecule has 0 aromatic rings. The van der Waals surface area contributed by atoms with E-state index in [1.54, 1.807) is 0 Å². The molecular weight excluding hydrogens is 268 g/mol. The van der Waals surface area contributed by atoms with E-state index in [0.29, 0.717) is 13.2 Å². The average Bonchev–Trinajstić information content (AvgIpc) is 2.43. The van der Waals surface area contributed by atoms with Crippen LogP contribution in [0.4, 0.5) is 0 Å². The molecule has 0 aromatic carbocycles. The Kier molecular flexibility index (Phi) is 12.9. The van der Waals surface area contributed by atoms with E-state index < -0.39 is 8.80 Å². The summed E-state index contributed by atoms with van der Waals surface area (Å²) in [7, 11) is -2.45. The molecule has 0 heterocycles. The lowest BCUT2D eigenvalue weighted by Crippen LogP contribution is -2.48. The molecule has 0 aliphatic rings. The molecule has 0 saturated heterocycles. The van der Waals surface area contributed by atoms with Crippen LogP contribution in [0.3, 0.4) is 0 Å². The van der Waals surface area contributed by atoms with Crippen molar-refractivity contribution in [2.75, 3.05) is 13.2 Å². The summed E-state index contributed by atoms with van der Waals surface area (Å²) >= 11 is 0. The van der Waals surface area contributed by atoms with Crippen LogP contribution in [0.25, 0.3) is 0 Å². The first kappa shape index (κ1) is 20.1. The van der Waals surface area contributed by atoms with Crippen molar-refractivity contribution in [3.8, 4) is 0 Å². The standard InChI is InChI=1S/C16H36O3Si/c1-6-10-11-12-13-14-15-20(17-8-3,18-9-4)19-16(5)7-2/h16H,6-15H2,1-5H3. The van der Waals surface area contributed by atoms with Crippen molar-refractivity contribution < 1.29 is 13.3 Å². The first-order valence-corrected chi connectivity index (χ1v) is 10.5. The zero-order valence-electron chi connectivity index (χ0n) is 14.4. The Labute approximate surface area is 127 Å². The van der Waals surface area contributed by atoms with Crippen molar-refractivity contribution in [3.63, 3.8) is 0 Å². The second-order valence-corrected chi connectivity index (χ2v) is 8.08. The molecule has 0 radical (unpaired) electrons. The fourth-order valence-electron chi connectivity index (χ4n) is 2.26. The lowest BCUT2D eigenvalue weighted by atomic mass is 10.1. The molecule has 0 amide bonds. The third-order valence-corrected chi connectivity index (χ3v) is 6.71. The molecule has 0 aromatic heterocycles. The van der Waals surface area contributed by atoms with Crippen molar-refractivity contribution in [2.45, 2.75) is 91.7 Å². The van der Waals surface area contributed by atoms with Gasteiger partial charge < -0.3 is 13.3 Å². The minimum atomic E-state index is -2.45. The SMILES string of the molecule is CCCCCCCC[Si](OCC)(OCC)OC(C)CC. The Morgan fingerprint density at radius 1 is 0.800 bits per heavy atom. The highest BCUT2D eigenvalue weighted by molar-refractivity contribution is 6.60. The van der Waals surface area contributed by atoms with Crippen molar-refractivity contribution in [2.24, 2.45) is 0 Å². The van der Waals surface area contributed by atoms with Gasteiger partial charge in [-0.05, 0) is 33.6 Å². The summed E-state index contributed by atoms with van der Waals surface area (Å²) in [4.78, 5) is 0. The lowest BCUT2D eigenvalue weighted by Gasteiger charge is -2.31. The molecule has 0 rings (SSSR count). The molecule has 1 unspecified atom stereocenters. The highest BCUT2D eigenvalue weighted by Crippen LogP contribution is 2.23. The highest BCUT2D eigenvalue weighted by atomic mass is 28.4. The van der Waals surface area contributed by atoms with Crippen LogP contribution >= 0.6 is 0 Å². The lowest BCUT2D eigenvalue weighted by molar-refractivity contribution is 0.0366. The smallest absolute Gasteiger partial charge is 0.374 e. The summed E-state index contributed by atoms with van der Waals surface area (Å²) in [5.74, 6) is 0. The minimum Gasteiger partial charge on any atom is -0.374 e. The molecule has 0 fully saturated rings. The summed E-state index contributed by atoms with van der Waals surface area (Å²) < 4.78 is 18.1. The molecule has 0 bridgehead atoms. The van der Waals surface area contributed by atoms with Crippen LogP contribution in [-0.2, 0) is 13.3 Å². The Hall–Kier alpha value is 0.0969. The zero-order chi connectivity index (χ0) is 15.3. The number of rotatable bonds is 14. The van der Waals surface area contributed by atoms with Gasteiger partial charge in [0.05, 0.1) is 0 Å². The summed E-state index contributed by atoms with van der Waals surface area (Å²) in [5, 5.41) is 0. The number of unbranched alkanes of at least 4 members (excludes halogenated alkanes) is 5. The van der Waals surface area contributed by atoms with Gasteiger partial charge in [0.25, 0.3) is 0 Å². The first-order chi connectivity index (χ1) is 9.64. The van der Waals surface area contributed by atoms with Crippen molar-refractivity contribution in [1.29, 1.82) is 0 Å². The van der Waals surface area contributed by atoms with E-state index >= 15 is 0 Å². The van der Waals surface area contributed by atoms with Gasteiger partial charge in [-0.2, -0.15) is 0 Å². The summed E-state index contributed by atoms with van der Waals surface area (Å²) in [6.07, 6.45) is 8.97. The third-order valence-electron chi connectivity index (χ3n) is 3.52. The molecule has 122 valence electrons. The summed E-state index contributed by atoms with van der Waals surface area (Å²) in [6, 6.07) is 0.963. The van der Waals surface area contributed by atoms with Crippen LogP contribution in [0.1, 0.15) is 79.6 Å². The van der Waals surface area contributed by atoms with E-state index in [0.717, 1.165) is 18.9 Å². The van der Waals surface area contributed by atoms with Crippen molar-refractivity contribution in [1.82, 2.24) is 0 Å². The van der Waals surface area contributed by atoms with Gasteiger partial charge in [0, 0.05) is 25.4 Å². The molecule has 0 saturated carbocycles. The van der Waals surface area contributed by atoms with Gasteiger partial charge in [0.1, 0.15) is 0 Å². The minimum absolute atomic E-state index is 0.222. The predicted molar refractivity (Wildman–Crippen MR) is 88.0 cm³/mol. The predicted octanol–water partition coefficient (Wildman–Crippen LogP) is 5.17. The quantitative estimate of drug-likeness (QED) is 0.327. The Bertz CT molecular complexity index is 206. The van der Waals surface area contributed by atoms with Gasteiger partial charge in [-0.1, -0.05) is 46.0 Å². The maximum atomic E-state index is 6.19. The van der Waals surface area contributed by atoms with Gasteiger partial charge in [0.15, 0.2) is 0 Å². The van der Waals surface area contributed by atoms with E-state index in [2.05, 4.69) is 20.8 Å². The molecule has 0 spiro atoms. The maximum Gasteiger partial charge on any atom is 0.501 e. The zero-order valence-corrected chi connectivity index (χ0v) is 15.4. The number of hydrogen-bond donors (Lipinski definition) is 0. The largest absolute Gasteiger partial charge is 0.501 e. The summed E-state index contributed by atoms with van der Waals surface area (Å²) in [6.45, 7) is 11.9. The van der Waals surface area contributed by atoms with Crippen molar-refractivity contribution >= 4 is 8.80 Å². The van der Waals surface area contributed by atoms with Crippen LogP contribution in [0.5, 0.6) is 0 Å². The molecule has 3 nitrogen and oxygen atoms in total. The van der Waals surface area contributed by atoms with E-state index in [-0.39, 0.29) is 6.10 Å². The van der Waals surface area contributed by atoms with Gasteiger partial charge in [-0.25, -0.2) is 0 Å².